The van der Waals surface area contributed by atoms with Crippen molar-refractivity contribution in [3.8, 4) is 0 Å². The summed E-state index contributed by atoms with van der Waals surface area (Å²) < 4.78 is 23.7. The monoisotopic (exact) mass is 344 g/mol. The average molecular weight is 345 g/mol. The van der Waals surface area contributed by atoms with Crippen molar-refractivity contribution in [3.63, 3.8) is 0 Å². The zero-order valence-corrected chi connectivity index (χ0v) is 16.7. The molecule has 0 bridgehead atoms. The molecule has 23 heavy (non-hydrogen) atoms. The predicted octanol–water partition coefficient (Wildman–Crippen LogP) is 2.99. The van der Waals surface area contributed by atoms with Crippen molar-refractivity contribution in [2.24, 2.45) is 11.8 Å². The van der Waals surface area contributed by atoms with Gasteiger partial charge in [-0.1, -0.05) is 27.7 Å². The van der Waals surface area contributed by atoms with Crippen LogP contribution in [-0.2, 0) is 23.4 Å². The first-order valence-electron chi connectivity index (χ1n) is 8.46. The minimum absolute atomic E-state index is 0.0819. The van der Waals surface area contributed by atoms with E-state index in [2.05, 4.69) is 40.8 Å². The van der Waals surface area contributed by atoms with Crippen LogP contribution < -0.4 is 0 Å². The van der Waals surface area contributed by atoms with Gasteiger partial charge < -0.3 is 18.6 Å². The van der Waals surface area contributed by atoms with Gasteiger partial charge in [-0.15, -0.1) is 0 Å². The molecule has 0 N–H and O–H groups in total. The molecule has 1 aliphatic heterocycles. The number of fused-ring (bicyclic) bond motifs is 1. The van der Waals surface area contributed by atoms with Crippen LogP contribution in [0.3, 0.4) is 0 Å². The molecule has 2 fully saturated rings. The van der Waals surface area contributed by atoms with Gasteiger partial charge in [0.2, 0.25) is 0 Å². The minimum atomic E-state index is -1.96. The molecule has 1 unspecified atom stereocenters. The predicted molar refractivity (Wildman–Crippen MR) is 90.8 cm³/mol. The third kappa shape index (κ3) is 3.36. The molecule has 1 aliphatic carbocycles. The van der Waals surface area contributed by atoms with Gasteiger partial charge in [-0.05, 0) is 24.1 Å². The lowest BCUT2D eigenvalue weighted by Gasteiger charge is -2.49. The van der Waals surface area contributed by atoms with Crippen molar-refractivity contribution in [2.45, 2.75) is 76.7 Å². The standard InChI is InChI=1S/C17H32O5Si/c1-10-11-9-12(18)21-14(11)16(20-6)15(19-5)13(10)22-23(7,8)17(2,3)4/h10-11,13-16H,9H2,1-8H3/t10-,11-,13?,14-,15-,16+/m1/s1. The van der Waals surface area contributed by atoms with Crippen LogP contribution >= 0.6 is 0 Å². The summed E-state index contributed by atoms with van der Waals surface area (Å²) in [5, 5.41) is 0.117. The average Bonchev–Trinajstić information content (AvgIpc) is 2.82. The second-order valence-corrected chi connectivity index (χ2v) is 13.2. The summed E-state index contributed by atoms with van der Waals surface area (Å²) in [6.45, 7) is 13.3. The molecule has 6 heteroatoms. The molecule has 0 aromatic rings. The molecule has 0 spiro atoms. The Morgan fingerprint density at radius 3 is 2.13 bits per heavy atom. The van der Waals surface area contributed by atoms with Crippen molar-refractivity contribution in [3.05, 3.63) is 0 Å². The Morgan fingerprint density at radius 1 is 1.09 bits per heavy atom. The van der Waals surface area contributed by atoms with Crippen molar-refractivity contribution in [2.75, 3.05) is 14.2 Å². The van der Waals surface area contributed by atoms with E-state index in [1.807, 2.05) is 0 Å². The van der Waals surface area contributed by atoms with E-state index in [1.54, 1.807) is 14.2 Å². The molecule has 0 amide bonds. The Morgan fingerprint density at radius 2 is 1.65 bits per heavy atom. The number of carbonyl (C=O) groups excluding carboxylic acids is 1. The molecule has 1 saturated carbocycles. The van der Waals surface area contributed by atoms with Crippen LogP contribution in [0.25, 0.3) is 0 Å². The molecular weight excluding hydrogens is 312 g/mol. The van der Waals surface area contributed by atoms with Gasteiger partial charge in [0.25, 0.3) is 0 Å². The number of hydrogen-bond donors (Lipinski definition) is 0. The van der Waals surface area contributed by atoms with Gasteiger partial charge >= 0.3 is 5.97 Å². The van der Waals surface area contributed by atoms with Crippen molar-refractivity contribution in [1.82, 2.24) is 0 Å². The van der Waals surface area contributed by atoms with Gasteiger partial charge in [-0.3, -0.25) is 4.79 Å². The smallest absolute Gasteiger partial charge is 0.306 e. The first kappa shape index (κ1) is 18.9. The molecule has 5 nitrogen and oxygen atoms in total. The van der Waals surface area contributed by atoms with Gasteiger partial charge in [0.15, 0.2) is 8.32 Å². The lowest BCUT2D eigenvalue weighted by molar-refractivity contribution is -0.190. The van der Waals surface area contributed by atoms with Crippen LogP contribution in [0.5, 0.6) is 0 Å². The highest BCUT2D eigenvalue weighted by atomic mass is 28.4. The van der Waals surface area contributed by atoms with Crippen molar-refractivity contribution < 1.29 is 23.4 Å². The number of ether oxygens (including phenoxy) is 3. The van der Waals surface area contributed by atoms with E-state index < -0.39 is 8.32 Å². The quantitative estimate of drug-likeness (QED) is 0.580. The molecule has 2 rings (SSSR count). The van der Waals surface area contributed by atoms with E-state index in [0.29, 0.717) is 6.42 Å². The fraction of sp³-hybridized carbons (Fsp3) is 0.941. The lowest BCUT2D eigenvalue weighted by Crippen LogP contribution is -2.61. The number of esters is 1. The maximum Gasteiger partial charge on any atom is 0.306 e. The highest BCUT2D eigenvalue weighted by molar-refractivity contribution is 6.74. The molecule has 0 aromatic heterocycles. The van der Waals surface area contributed by atoms with Gasteiger partial charge in [0.1, 0.15) is 18.3 Å². The molecule has 0 aromatic carbocycles. The maximum atomic E-state index is 11.8. The van der Waals surface area contributed by atoms with Gasteiger partial charge in [0, 0.05) is 20.1 Å². The normalized spacial score (nSPS) is 38.3. The second-order valence-electron chi connectivity index (χ2n) is 8.42. The third-order valence-electron chi connectivity index (χ3n) is 6.04. The summed E-state index contributed by atoms with van der Waals surface area (Å²) in [6, 6.07) is 0. The number of carbonyl (C=O) groups is 1. The molecule has 1 heterocycles. The summed E-state index contributed by atoms with van der Waals surface area (Å²) >= 11 is 0. The highest BCUT2D eigenvalue weighted by Gasteiger charge is 2.57. The molecular formula is C17H32O5Si. The second kappa shape index (κ2) is 6.46. The van der Waals surface area contributed by atoms with E-state index in [1.165, 1.54) is 0 Å². The van der Waals surface area contributed by atoms with E-state index in [0.717, 1.165) is 0 Å². The lowest BCUT2D eigenvalue weighted by atomic mass is 9.73. The maximum absolute atomic E-state index is 11.8. The Bertz CT molecular complexity index is 445. The zero-order chi connectivity index (χ0) is 17.6. The fourth-order valence-electron chi connectivity index (χ4n) is 3.54. The van der Waals surface area contributed by atoms with Gasteiger partial charge in [-0.25, -0.2) is 0 Å². The first-order chi connectivity index (χ1) is 10.5. The Labute approximate surface area is 141 Å². The fourth-order valence-corrected chi connectivity index (χ4v) is 4.92. The molecule has 134 valence electrons. The van der Waals surface area contributed by atoms with Gasteiger partial charge in [-0.2, -0.15) is 0 Å². The molecule has 1 saturated heterocycles. The van der Waals surface area contributed by atoms with E-state index in [-0.39, 0.29) is 47.3 Å². The summed E-state index contributed by atoms with van der Waals surface area (Å²) in [5.74, 6) is 0.183. The Balaban J connectivity index is 2.31. The summed E-state index contributed by atoms with van der Waals surface area (Å²) in [5.41, 5.74) is 0. The van der Waals surface area contributed by atoms with Crippen molar-refractivity contribution >= 4 is 14.3 Å². The summed E-state index contributed by atoms with van der Waals surface area (Å²) in [6.07, 6.45) is -0.369. The highest BCUT2D eigenvalue weighted by Crippen LogP contribution is 2.46. The summed E-state index contributed by atoms with van der Waals surface area (Å²) in [7, 11) is 1.38. The van der Waals surface area contributed by atoms with Crippen LogP contribution in [-0.4, -0.2) is 52.9 Å². The van der Waals surface area contributed by atoms with Crippen LogP contribution in [0, 0.1) is 11.8 Å². The number of methoxy groups -OCH3 is 2. The number of rotatable bonds is 4. The van der Waals surface area contributed by atoms with E-state index >= 15 is 0 Å². The third-order valence-corrected chi connectivity index (χ3v) is 10.5. The van der Waals surface area contributed by atoms with E-state index in [9.17, 15) is 4.79 Å². The van der Waals surface area contributed by atoms with Crippen LogP contribution in [0.2, 0.25) is 18.1 Å². The molecule has 0 radical (unpaired) electrons. The number of hydrogen-bond acceptors (Lipinski definition) is 5. The minimum Gasteiger partial charge on any atom is -0.459 e. The molecule has 6 atom stereocenters. The summed E-state index contributed by atoms with van der Waals surface area (Å²) in [4.78, 5) is 11.8. The first-order valence-corrected chi connectivity index (χ1v) is 11.4. The topological polar surface area (TPSA) is 54.0 Å². The van der Waals surface area contributed by atoms with Crippen molar-refractivity contribution in [1.29, 1.82) is 0 Å². The molecule has 2 aliphatic rings. The van der Waals surface area contributed by atoms with Gasteiger partial charge in [0.05, 0.1) is 12.5 Å². The van der Waals surface area contributed by atoms with Crippen LogP contribution in [0.1, 0.15) is 34.1 Å². The largest absolute Gasteiger partial charge is 0.459 e. The SMILES string of the molecule is CO[C@H]1[C@@H]2OC(=O)C[C@@H]2[C@@H](C)C(O[Si](C)(C)C(C)(C)C)[C@H]1OC. The van der Waals surface area contributed by atoms with E-state index in [4.69, 9.17) is 18.6 Å². The Kier molecular flexibility index (Phi) is 5.31. The zero-order valence-electron chi connectivity index (χ0n) is 15.7. The Hall–Kier alpha value is -0.433. The van der Waals surface area contributed by atoms with Crippen LogP contribution in [0.4, 0.5) is 0 Å². The van der Waals surface area contributed by atoms with Crippen LogP contribution in [0.15, 0.2) is 0 Å².